The third kappa shape index (κ3) is 4.96. The summed E-state index contributed by atoms with van der Waals surface area (Å²) >= 11 is 0. The fraction of sp³-hybridized carbons (Fsp3) is 0.941. The van der Waals surface area contributed by atoms with Crippen LogP contribution in [0.15, 0.2) is 0 Å². The Kier molecular flexibility index (Phi) is 5.53. The highest BCUT2D eigenvalue weighted by atomic mass is 16.2. The summed E-state index contributed by atoms with van der Waals surface area (Å²) in [7, 11) is 0. The van der Waals surface area contributed by atoms with Gasteiger partial charge in [-0.05, 0) is 45.1 Å². The lowest BCUT2D eigenvalue weighted by Crippen LogP contribution is -2.49. The number of nitrogens with zero attached hydrogens (tertiary/aromatic N) is 1. The van der Waals surface area contributed by atoms with Crippen LogP contribution in [0.4, 0.5) is 0 Å². The SMILES string of the molecule is O=C(CN(CC1CCCCN1)C1CC1)NC1CCCCC1. The first-order valence-corrected chi connectivity index (χ1v) is 9.08. The van der Waals surface area contributed by atoms with Crippen LogP contribution >= 0.6 is 0 Å². The van der Waals surface area contributed by atoms with Gasteiger partial charge in [-0.3, -0.25) is 9.69 Å². The molecule has 21 heavy (non-hydrogen) atoms. The fourth-order valence-corrected chi connectivity index (χ4v) is 3.85. The van der Waals surface area contributed by atoms with E-state index in [-0.39, 0.29) is 5.91 Å². The molecule has 2 N–H and O–H groups in total. The van der Waals surface area contributed by atoms with Gasteiger partial charge in [-0.2, -0.15) is 0 Å². The predicted molar refractivity (Wildman–Crippen MR) is 85.3 cm³/mol. The lowest BCUT2D eigenvalue weighted by molar-refractivity contribution is -0.123. The average molecular weight is 293 g/mol. The molecule has 2 saturated carbocycles. The largest absolute Gasteiger partial charge is 0.352 e. The highest BCUT2D eigenvalue weighted by Gasteiger charge is 2.32. The van der Waals surface area contributed by atoms with Gasteiger partial charge < -0.3 is 10.6 Å². The van der Waals surface area contributed by atoms with Gasteiger partial charge in [0.15, 0.2) is 0 Å². The number of hydrogen-bond acceptors (Lipinski definition) is 3. The number of carbonyl (C=O) groups excluding carboxylic acids is 1. The number of carbonyl (C=O) groups is 1. The molecule has 0 bridgehead atoms. The highest BCUT2D eigenvalue weighted by molar-refractivity contribution is 5.78. The van der Waals surface area contributed by atoms with Crippen molar-refractivity contribution in [3.05, 3.63) is 0 Å². The molecule has 0 aromatic rings. The van der Waals surface area contributed by atoms with Crippen molar-refractivity contribution in [2.45, 2.75) is 82.3 Å². The minimum atomic E-state index is 0.254. The molecule has 1 amide bonds. The Morgan fingerprint density at radius 3 is 2.43 bits per heavy atom. The second-order valence-corrected chi connectivity index (χ2v) is 7.21. The number of rotatable bonds is 6. The molecule has 4 nitrogen and oxygen atoms in total. The van der Waals surface area contributed by atoms with Crippen molar-refractivity contribution >= 4 is 5.91 Å². The maximum absolute atomic E-state index is 12.3. The summed E-state index contributed by atoms with van der Waals surface area (Å²) in [5.41, 5.74) is 0. The van der Waals surface area contributed by atoms with Crippen LogP contribution in [0.1, 0.15) is 64.2 Å². The van der Waals surface area contributed by atoms with Crippen LogP contribution in [0.3, 0.4) is 0 Å². The van der Waals surface area contributed by atoms with Crippen LogP contribution in [0.2, 0.25) is 0 Å². The molecule has 1 heterocycles. The lowest BCUT2D eigenvalue weighted by atomic mass is 9.95. The molecule has 4 heteroatoms. The molecule has 1 saturated heterocycles. The summed E-state index contributed by atoms with van der Waals surface area (Å²) in [6, 6.07) is 1.72. The Morgan fingerprint density at radius 1 is 1.00 bits per heavy atom. The van der Waals surface area contributed by atoms with Crippen LogP contribution in [0, 0.1) is 0 Å². The van der Waals surface area contributed by atoms with Gasteiger partial charge in [-0.1, -0.05) is 25.7 Å². The van der Waals surface area contributed by atoms with Gasteiger partial charge in [0.1, 0.15) is 0 Å². The smallest absolute Gasteiger partial charge is 0.234 e. The minimum Gasteiger partial charge on any atom is -0.352 e. The van der Waals surface area contributed by atoms with Crippen molar-refractivity contribution in [3.8, 4) is 0 Å². The predicted octanol–water partition coefficient (Wildman–Crippen LogP) is 2.04. The molecule has 1 aliphatic heterocycles. The molecule has 0 aromatic heterocycles. The van der Waals surface area contributed by atoms with E-state index in [9.17, 15) is 4.79 Å². The molecule has 3 rings (SSSR count). The number of amides is 1. The van der Waals surface area contributed by atoms with Gasteiger partial charge >= 0.3 is 0 Å². The average Bonchev–Trinajstić information content (AvgIpc) is 3.33. The lowest BCUT2D eigenvalue weighted by Gasteiger charge is -2.31. The van der Waals surface area contributed by atoms with Crippen LogP contribution in [-0.2, 0) is 4.79 Å². The zero-order chi connectivity index (χ0) is 14.5. The molecule has 0 aromatic carbocycles. The second kappa shape index (κ2) is 7.59. The topological polar surface area (TPSA) is 44.4 Å². The van der Waals surface area contributed by atoms with E-state index in [0.29, 0.717) is 24.7 Å². The molecule has 1 atom stereocenters. The molecular formula is C17H31N3O. The van der Waals surface area contributed by atoms with E-state index in [0.717, 1.165) is 13.1 Å². The normalized spacial score (nSPS) is 27.8. The second-order valence-electron chi connectivity index (χ2n) is 7.21. The maximum atomic E-state index is 12.3. The van der Waals surface area contributed by atoms with E-state index in [2.05, 4.69) is 15.5 Å². The van der Waals surface area contributed by atoms with Gasteiger partial charge in [-0.15, -0.1) is 0 Å². The number of hydrogen-bond donors (Lipinski definition) is 2. The van der Waals surface area contributed by atoms with E-state index in [4.69, 9.17) is 0 Å². The highest BCUT2D eigenvalue weighted by Crippen LogP contribution is 2.27. The monoisotopic (exact) mass is 293 g/mol. The van der Waals surface area contributed by atoms with Crippen molar-refractivity contribution in [1.29, 1.82) is 0 Å². The van der Waals surface area contributed by atoms with Gasteiger partial charge in [0.2, 0.25) is 5.91 Å². The van der Waals surface area contributed by atoms with Gasteiger partial charge in [0.25, 0.3) is 0 Å². The van der Waals surface area contributed by atoms with Crippen LogP contribution in [0.25, 0.3) is 0 Å². The summed E-state index contributed by atoms with van der Waals surface area (Å²) < 4.78 is 0. The Labute approximate surface area is 129 Å². The molecule has 3 fully saturated rings. The van der Waals surface area contributed by atoms with E-state index >= 15 is 0 Å². The van der Waals surface area contributed by atoms with Gasteiger partial charge in [0, 0.05) is 24.7 Å². The summed E-state index contributed by atoms with van der Waals surface area (Å²) in [5, 5.41) is 6.88. The quantitative estimate of drug-likeness (QED) is 0.788. The van der Waals surface area contributed by atoms with E-state index in [1.165, 1.54) is 64.2 Å². The van der Waals surface area contributed by atoms with Crippen LogP contribution in [0.5, 0.6) is 0 Å². The molecule has 3 aliphatic rings. The van der Waals surface area contributed by atoms with Crippen LogP contribution in [-0.4, -0.2) is 48.6 Å². The maximum Gasteiger partial charge on any atom is 0.234 e. The van der Waals surface area contributed by atoms with Crippen molar-refractivity contribution in [2.24, 2.45) is 0 Å². The molecule has 120 valence electrons. The zero-order valence-electron chi connectivity index (χ0n) is 13.3. The molecule has 1 unspecified atom stereocenters. The Bertz CT molecular complexity index is 331. The molecule has 0 radical (unpaired) electrons. The fourth-order valence-electron chi connectivity index (χ4n) is 3.85. The molecule has 2 aliphatic carbocycles. The Balaban J connectivity index is 1.44. The Hall–Kier alpha value is -0.610. The summed E-state index contributed by atoms with van der Waals surface area (Å²) in [6.45, 7) is 2.82. The van der Waals surface area contributed by atoms with Gasteiger partial charge in [-0.25, -0.2) is 0 Å². The van der Waals surface area contributed by atoms with Gasteiger partial charge in [0.05, 0.1) is 6.54 Å². The summed E-state index contributed by atoms with van der Waals surface area (Å²) in [5.74, 6) is 0.254. The van der Waals surface area contributed by atoms with Crippen LogP contribution < -0.4 is 10.6 Å². The van der Waals surface area contributed by atoms with E-state index in [1.807, 2.05) is 0 Å². The first-order valence-electron chi connectivity index (χ1n) is 9.08. The van der Waals surface area contributed by atoms with E-state index in [1.54, 1.807) is 0 Å². The third-order valence-electron chi connectivity index (χ3n) is 5.25. The number of nitrogens with one attached hydrogen (secondary N) is 2. The standard InChI is InChI=1S/C17H31N3O/c21-17(19-14-6-2-1-3-7-14)13-20(16-9-10-16)12-15-8-4-5-11-18-15/h14-16,18H,1-13H2,(H,19,21). The van der Waals surface area contributed by atoms with Crippen molar-refractivity contribution < 1.29 is 4.79 Å². The van der Waals surface area contributed by atoms with E-state index < -0.39 is 0 Å². The summed E-state index contributed by atoms with van der Waals surface area (Å²) in [4.78, 5) is 14.8. The van der Waals surface area contributed by atoms with Crippen molar-refractivity contribution in [1.82, 2.24) is 15.5 Å². The van der Waals surface area contributed by atoms with Crippen molar-refractivity contribution in [2.75, 3.05) is 19.6 Å². The molecular weight excluding hydrogens is 262 g/mol. The zero-order valence-corrected chi connectivity index (χ0v) is 13.3. The minimum absolute atomic E-state index is 0.254. The Morgan fingerprint density at radius 2 is 1.76 bits per heavy atom. The first kappa shape index (κ1) is 15.3. The van der Waals surface area contributed by atoms with Crippen molar-refractivity contribution in [3.63, 3.8) is 0 Å². The number of piperidine rings is 1. The molecule has 0 spiro atoms. The summed E-state index contributed by atoms with van der Waals surface area (Å²) in [6.07, 6.45) is 12.7. The first-order chi connectivity index (χ1) is 10.3. The third-order valence-corrected chi connectivity index (χ3v) is 5.25.